The van der Waals surface area contributed by atoms with Gasteiger partial charge in [-0.15, -0.1) is 0 Å². The number of rotatable bonds is 4. The molecule has 5 nitrogen and oxygen atoms in total. The molecule has 1 aliphatic rings. The third kappa shape index (κ3) is 3.29. The topological polar surface area (TPSA) is 70.0 Å². The molecule has 0 radical (unpaired) electrons. The number of aromatic carboxylic acids is 1. The lowest BCUT2D eigenvalue weighted by Crippen LogP contribution is -2.46. The lowest BCUT2D eigenvalue weighted by Gasteiger charge is -2.36. The molecule has 1 fully saturated rings. The molecule has 20 heavy (non-hydrogen) atoms. The van der Waals surface area contributed by atoms with Gasteiger partial charge in [0.15, 0.2) is 0 Å². The molecule has 2 rings (SSSR count). The summed E-state index contributed by atoms with van der Waals surface area (Å²) >= 11 is 0. The molecular weight excluding hydrogens is 258 g/mol. The van der Waals surface area contributed by atoms with Gasteiger partial charge in [-0.2, -0.15) is 0 Å². The van der Waals surface area contributed by atoms with Crippen LogP contribution in [0.4, 0.5) is 5.69 Å². The summed E-state index contributed by atoms with van der Waals surface area (Å²) in [6.07, 6.45) is 1.15. The van der Waals surface area contributed by atoms with Crippen molar-refractivity contribution in [2.24, 2.45) is 0 Å². The molecule has 5 heteroatoms. The van der Waals surface area contributed by atoms with Gasteiger partial charge in [0.2, 0.25) is 0 Å². The molecule has 0 aromatic heterocycles. The highest BCUT2D eigenvalue weighted by Crippen LogP contribution is 2.27. The average molecular weight is 279 g/mol. The van der Waals surface area contributed by atoms with Crippen molar-refractivity contribution in [3.8, 4) is 0 Å². The first-order valence-corrected chi connectivity index (χ1v) is 6.76. The molecule has 1 aromatic rings. The second kappa shape index (κ2) is 5.81. The van der Waals surface area contributed by atoms with Crippen molar-refractivity contribution in [2.45, 2.75) is 25.4 Å². The second-order valence-corrected chi connectivity index (χ2v) is 5.52. The average Bonchev–Trinajstić information content (AvgIpc) is 2.38. The maximum absolute atomic E-state index is 11.3. The number of benzene rings is 1. The molecule has 0 unspecified atom stereocenters. The Hall–Kier alpha value is -1.59. The van der Waals surface area contributed by atoms with Crippen molar-refractivity contribution in [3.63, 3.8) is 0 Å². The number of anilines is 1. The summed E-state index contributed by atoms with van der Waals surface area (Å²) < 4.78 is 5.26. The van der Waals surface area contributed by atoms with Gasteiger partial charge in [0, 0.05) is 39.6 Å². The summed E-state index contributed by atoms with van der Waals surface area (Å²) in [5.74, 6) is -0.953. The standard InChI is InChI=1S/C15H21NO4/c1-11-3-4-12(14(17)18)13(9-11)16(2)10-15(19)5-7-20-8-6-15/h3-4,9,19H,5-8,10H2,1-2H3,(H,17,18). The Labute approximate surface area is 118 Å². The molecule has 0 atom stereocenters. The Kier molecular flexibility index (Phi) is 4.30. The number of aliphatic hydroxyl groups is 1. The Balaban J connectivity index is 2.21. The van der Waals surface area contributed by atoms with E-state index in [0.29, 0.717) is 38.3 Å². The van der Waals surface area contributed by atoms with Crippen LogP contribution in [-0.2, 0) is 4.74 Å². The second-order valence-electron chi connectivity index (χ2n) is 5.52. The zero-order valence-corrected chi connectivity index (χ0v) is 11.9. The summed E-state index contributed by atoms with van der Waals surface area (Å²) in [6, 6.07) is 5.23. The van der Waals surface area contributed by atoms with Gasteiger partial charge in [-0.1, -0.05) is 6.07 Å². The molecule has 0 amide bonds. The SMILES string of the molecule is Cc1ccc(C(=O)O)c(N(C)CC2(O)CCOCC2)c1. The first-order chi connectivity index (χ1) is 9.41. The molecule has 0 saturated carbocycles. The van der Waals surface area contributed by atoms with Crippen molar-refractivity contribution in [1.29, 1.82) is 0 Å². The number of nitrogens with zero attached hydrogens (tertiary/aromatic N) is 1. The zero-order valence-electron chi connectivity index (χ0n) is 11.9. The Morgan fingerprint density at radius 2 is 2.05 bits per heavy atom. The first kappa shape index (κ1) is 14.8. The van der Waals surface area contributed by atoms with E-state index in [2.05, 4.69) is 0 Å². The summed E-state index contributed by atoms with van der Waals surface area (Å²) in [5, 5.41) is 19.8. The Bertz CT molecular complexity index is 495. The van der Waals surface area contributed by atoms with Gasteiger partial charge >= 0.3 is 5.97 Å². The molecule has 0 spiro atoms. The van der Waals surface area contributed by atoms with Crippen LogP contribution >= 0.6 is 0 Å². The molecular formula is C15H21NO4. The van der Waals surface area contributed by atoms with E-state index in [1.54, 1.807) is 12.1 Å². The van der Waals surface area contributed by atoms with Crippen LogP contribution in [0.3, 0.4) is 0 Å². The summed E-state index contributed by atoms with van der Waals surface area (Å²) in [6.45, 7) is 3.42. The first-order valence-electron chi connectivity index (χ1n) is 6.76. The fourth-order valence-corrected chi connectivity index (χ4v) is 2.57. The van der Waals surface area contributed by atoms with Gasteiger partial charge in [-0.25, -0.2) is 4.79 Å². The van der Waals surface area contributed by atoms with Crippen LogP contribution in [0.25, 0.3) is 0 Å². The Morgan fingerprint density at radius 1 is 1.40 bits per heavy atom. The van der Waals surface area contributed by atoms with Crippen LogP contribution < -0.4 is 4.90 Å². The van der Waals surface area contributed by atoms with Crippen molar-refractivity contribution in [2.75, 3.05) is 31.7 Å². The number of aryl methyl sites for hydroxylation is 1. The predicted molar refractivity (Wildman–Crippen MR) is 76.4 cm³/mol. The maximum Gasteiger partial charge on any atom is 0.337 e. The van der Waals surface area contributed by atoms with Gasteiger partial charge < -0.3 is 19.8 Å². The molecule has 1 aromatic carbocycles. The van der Waals surface area contributed by atoms with Gasteiger partial charge in [0.25, 0.3) is 0 Å². The number of likely N-dealkylation sites (N-methyl/N-ethyl adjacent to an activating group) is 1. The van der Waals surface area contributed by atoms with Crippen molar-refractivity contribution < 1.29 is 19.7 Å². The molecule has 0 bridgehead atoms. The van der Waals surface area contributed by atoms with Crippen LogP contribution in [0.5, 0.6) is 0 Å². The number of carboxylic acid groups (broad SMARTS) is 1. The van der Waals surface area contributed by atoms with E-state index in [0.717, 1.165) is 5.56 Å². The monoisotopic (exact) mass is 279 g/mol. The highest BCUT2D eigenvalue weighted by atomic mass is 16.5. The fraction of sp³-hybridized carbons (Fsp3) is 0.533. The molecule has 1 heterocycles. The lowest BCUT2D eigenvalue weighted by molar-refractivity contribution is -0.0572. The fourth-order valence-electron chi connectivity index (χ4n) is 2.57. The van der Waals surface area contributed by atoms with E-state index in [-0.39, 0.29) is 5.56 Å². The van der Waals surface area contributed by atoms with Gasteiger partial charge in [0.05, 0.1) is 16.9 Å². The third-order valence-electron chi connectivity index (χ3n) is 3.75. The number of hydrogen-bond donors (Lipinski definition) is 2. The predicted octanol–water partition coefficient (Wildman–Crippen LogP) is 1.67. The molecule has 1 saturated heterocycles. The van der Waals surface area contributed by atoms with E-state index in [1.165, 1.54) is 0 Å². The number of carbonyl (C=O) groups is 1. The van der Waals surface area contributed by atoms with E-state index in [9.17, 15) is 15.0 Å². The largest absolute Gasteiger partial charge is 0.478 e. The third-order valence-corrected chi connectivity index (χ3v) is 3.75. The number of carboxylic acids is 1. The van der Waals surface area contributed by atoms with Crippen molar-refractivity contribution in [3.05, 3.63) is 29.3 Å². The lowest BCUT2D eigenvalue weighted by atomic mass is 9.93. The minimum atomic E-state index is -0.953. The highest BCUT2D eigenvalue weighted by Gasteiger charge is 2.32. The minimum Gasteiger partial charge on any atom is -0.478 e. The Morgan fingerprint density at radius 3 is 2.65 bits per heavy atom. The van der Waals surface area contributed by atoms with Crippen LogP contribution in [0, 0.1) is 6.92 Å². The zero-order chi connectivity index (χ0) is 14.8. The molecule has 1 aliphatic heterocycles. The van der Waals surface area contributed by atoms with Crippen molar-refractivity contribution in [1.82, 2.24) is 0 Å². The van der Waals surface area contributed by atoms with Gasteiger partial charge in [-0.05, 0) is 24.6 Å². The van der Waals surface area contributed by atoms with E-state index >= 15 is 0 Å². The van der Waals surface area contributed by atoms with Crippen LogP contribution in [0.2, 0.25) is 0 Å². The van der Waals surface area contributed by atoms with E-state index in [1.807, 2.05) is 24.9 Å². The van der Waals surface area contributed by atoms with Crippen LogP contribution in [-0.4, -0.2) is 48.6 Å². The number of hydrogen-bond acceptors (Lipinski definition) is 4. The molecule has 110 valence electrons. The summed E-state index contributed by atoms with van der Waals surface area (Å²) in [4.78, 5) is 13.1. The van der Waals surface area contributed by atoms with Crippen molar-refractivity contribution >= 4 is 11.7 Å². The minimum absolute atomic E-state index is 0.258. The van der Waals surface area contributed by atoms with E-state index in [4.69, 9.17) is 4.74 Å². The summed E-state index contributed by atoms with van der Waals surface area (Å²) in [7, 11) is 1.81. The van der Waals surface area contributed by atoms with Crippen LogP contribution in [0.15, 0.2) is 18.2 Å². The van der Waals surface area contributed by atoms with E-state index < -0.39 is 11.6 Å². The highest BCUT2D eigenvalue weighted by molar-refractivity contribution is 5.94. The number of ether oxygens (including phenoxy) is 1. The maximum atomic E-state index is 11.3. The van der Waals surface area contributed by atoms with Gasteiger partial charge in [-0.3, -0.25) is 0 Å². The van der Waals surface area contributed by atoms with Crippen LogP contribution in [0.1, 0.15) is 28.8 Å². The van der Waals surface area contributed by atoms with Gasteiger partial charge in [0.1, 0.15) is 0 Å². The summed E-state index contributed by atoms with van der Waals surface area (Å²) in [5.41, 5.74) is 1.08. The quantitative estimate of drug-likeness (QED) is 0.877. The smallest absolute Gasteiger partial charge is 0.337 e. The molecule has 2 N–H and O–H groups in total. The molecule has 0 aliphatic carbocycles. The normalized spacial score (nSPS) is 17.8.